The van der Waals surface area contributed by atoms with Gasteiger partial charge < -0.3 is 5.32 Å². The molecular formula is C14H18BrF2NO. The van der Waals surface area contributed by atoms with Gasteiger partial charge in [-0.15, -0.1) is 0 Å². The van der Waals surface area contributed by atoms with Crippen molar-refractivity contribution >= 4 is 21.8 Å². The highest BCUT2D eigenvalue weighted by atomic mass is 79.9. The fourth-order valence-electron chi connectivity index (χ4n) is 1.71. The number of alkyl halides is 1. The predicted molar refractivity (Wildman–Crippen MR) is 75.5 cm³/mol. The van der Waals surface area contributed by atoms with Crippen molar-refractivity contribution in [2.75, 3.05) is 6.54 Å². The van der Waals surface area contributed by atoms with Crippen LogP contribution >= 0.6 is 15.9 Å². The van der Waals surface area contributed by atoms with Crippen LogP contribution in [0.15, 0.2) is 18.2 Å². The van der Waals surface area contributed by atoms with Crippen LogP contribution < -0.4 is 5.32 Å². The van der Waals surface area contributed by atoms with Gasteiger partial charge >= 0.3 is 0 Å². The molecule has 0 saturated heterocycles. The van der Waals surface area contributed by atoms with Gasteiger partial charge in [0.15, 0.2) is 11.6 Å². The van der Waals surface area contributed by atoms with E-state index >= 15 is 0 Å². The lowest BCUT2D eigenvalue weighted by Gasteiger charge is -2.22. The van der Waals surface area contributed by atoms with Crippen LogP contribution in [0.5, 0.6) is 0 Å². The molecule has 1 aromatic carbocycles. The lowest BCUT2D eigenvalue weighted by atomic mass is 9.90. The number of rotatable bonds is 4. The Morgan fingerprint density at radius 1 is 1.37 bits per heavy atom. The molecule has 1 atom stereocenters. The van der Waals surface area contributed by atoms with Crippen molar-refractivity contribution in [3.63, 3.8) is 0 Å². The van der Waals surface area contributed by atoms with E-state index in [4.69, 9.17) is 0 Å². The fraction of sp³-hybridized carbons (Fsp3) is 0.500. The average Bonchev–Trinajstić information content (AvgIpc) is 2.27. The summed E-state index contributed by atoms with van der Waals surface area (Å²) in [5.74, 6) is -2.73. The molecule has 0 heterocycles. The second-order valence-corrected chi connectivity index (χ2v) is 6.97. The van der Waals surface area contributed by atoms with Gasteiger partial charge in [-0.05, 0) is 24.0 Å². The van der Waals surface area contributed by atoms with Gasteiger partial charge in [-0.3, -0.25) is 4.79 Å². The average molecular weight is 334 g/mol. The first kappa shape index (κ1) is 16.1. The van der Waals surface area contributed by atoms with Gasteiger partial charge in [-0.1, -0.05) is 42.8 Å². The molecule has 0 aliphatic heterocycles. The lowest BCUT2D eigenvalue weighted by Crippen LogP contribution is -2.32. The highest BCUT2D eigenvalue weighted by molar-refractivity contribution is 9.09. The third-order valence-corrected chi connectivity index (χ3v) is 3.16. The van der Waals surface area contributed by atoms with Crippen molar-refractivity contribution in [2.45, 2.75) is 32.0 Å². The number of amides is 1. The maximum absolute atomic E-state index is 13.4. The number of benzene rings is 1. The van der Waals surface area contributed by atoms with Crippen LogP contribution in [0.3, 0.4) is 0 Å². The zero-order chi connectivity index (χ0) is 14.6. The Kier molecular flexibility index (Phi) is 5.47. The second-order valence-electron chi connectivity index (χ2n) is 5.67. The largest absolute Gasteiger partial charge is 0.351 e. The Morgan fingerprint density at radius 3 is 2.58 bits per heavy atom. The van der Waals surface area contributed by atoms with E-state index in [9.17, 15) is 13.6 Å². The molecule has 1 rings (SSSR count). The molecule has 1 N–H and O–H groups in total. The number of hydrogen-bond donors (Lipinski definition) is 1. The number of nitrogens with one attached hydrogen (secondary N) is 1. The number of carbonyl (C=O) groups is 1. The molecule has 0 aromatic heterocycles. The van der Waals surface area contributed by atoms with E-state index in [2.05, 4.69) is 42.0 Å². The SMILES string of the molecule is CC(C)(C)CC(Br)CNC(=O)c1cccc(F)c1F. The summed E-state index contributed by atoms with van der Waals surface area (Å²) in [7, 11) is 0. The highest BCUT2D eigenvalue weighted by Crippen LogP contribution is 2.24. The summed E-state index contributed by atoms with van der Waals surface area (Å²) in [6.45, 7) is 6.64. The molecule has 106 valence electrons. The first-order valence-electron chi connectivity index (χ1n) is 6.07. The molecule has 1 amide bonds. The molecule has 0 saturated carbocycles. The van der Waals surface area contributed by atoms with E-state index in [1.54, 1.807) is 0 Å². The van der Waals surface area contributed by atoms with Gasteiger partial charge in [-0.25, -0.2) is 8.78 Å². The Balaban J connectivity index is 2.59. The normalized spacial score (nSPS) is 13.2. The zero-order valence-electron chi connectivity index (χ0n) is 11.3. The van der Waals surface area contributed by atoms with Gasteiger partial charge in [0.1, 0.15) is 0 Å². The highest BCUT2D eigenvalue weighted by Gasteiger charge is 2.19. The van der Waals surface area contributed by atoms with E-state index in [0.717, 1.165) is 12.5 Å². The van der Waals surface area contributed by atoms with Crippen LogP contribution in [0.4, 0.5) is 8.78 Å². The summed E-state index contributed by atoms with van der Waals surface area (Å²) in [5.41, 5.74) is -0.140. The molecule has 0 fully saturated rings. The van der Waals surface area contributed by atoms with Gasteiger partial charge in [0.05, 0.1) is 5.56 Å². The van der Waals surface area contributed by atoms with Crippen molar-refractivity contribution in [3.05, 3.63) is 35.4 Å². The first-order valence-corrected chi connectivity index (χ1v) is 6.98. The van der Waals surface area contributed by atoms with Gasteiger partial charge in [0.2, 0.25) is 0 Å². The summed E-state index contributed by atoms with van der Waals surface area (Å²) in [6, 6.07) is 3.56. The van der Waals surface area contributed by atoms with Crippen LogP contribution in [-0.2, 0) is 0 Å². The first-order chi connectivity index (χ1) is 8.70. The maximum atomic E-state index is 13.4. The van der Waals surface area contributed by atoms with Crippen molar-refractivity contribution in [3.8, 4) is 0 Å². The third kappa shape index (κ3) is 5.27. The second kappa shape index (κ2) is 6.46. The van der Waals surface area contributed by atoms with Gasteiger partial charge in [0, 0.05) is 11.4 Å². The number of hydrogen-bond acceptors (Lipinski definition) is 1. The molecular weight excluding hydrogens is 316 g/mol. The number of halogens is 3. The minimum absolute atomic E-state index is 0.0908. The van der Waals surface area contributed by atoms with Crippen molar-refractivity contribution in [1.29, 1.82) is 0 Å². The van der Waals surface area contributed by atoms with Crippen LogP contribution in [0.25, 0.3) is 0 Å². The molecule has 0 spiro atoms. The third-order valence-electron chi connectivity index (χ3n) is 2.51. The summed E-state index contributed by atoms with van der Waals surface area (Å²) in [5, 5.41) is 2.60. The van der Waals surface area contributed by atoms with E-state index in [0.29, 0.717) is 6.54 Å². The summed E-state index contributed by atoms with van der Waals surface area (Å²) in [4.78, 5) is 11.8. The summed E-state index contributed by atoms with van der Waals surface area (Å²) in [6.07, 6.45) is 0.860. The Bertz CT molecular complexity index is 457. The van der Waals surface area contributed by atoms with Crippen molar-refractivity contribution in [1.82, 2.24) is 5.32 Å². The predicted octanol–water partition coefficient (Wildman–Crippen LogP) is 3.89. The quantitative estimate of drug-likeness (QED) is 0.832. The van der Waals surface area contributed by atoms with E-state index < -0.39 is 17.5 Å². The summed E-state index contributed by atoms with van der Waals surface area (Å²) >= 11 is 3.47. The molecule has 0 bridgehead atoms. The van der Waals surface area contributed by atoms with Crippen molar-refractivity contribution < 1.29 is 13.6 Å². The molecule has 1 aromatic rings. The van der Waals surface area contributed by atoms with E-state index in [1.165, 1.54) is 12.1 Å². The molecule has 1 unspecified atom stereocenters. The Morgan fingerprint density at radius 2 is 2.00 bits per heavy atom. The van der Waals surface area contributed by atoms with Crippen LogP contribution in [0.1, 0.15) is 37.6 Å². The molecule has 2 nitrogen and oxygen atoms in total. The fourth-order valence-corrected chi connectivity index (χ4v) is 2.85. The molecule has 19 heavy (non-hydrogen) atoms. The molecule has 0 radical (unpaired) electrons. The summed E-state index contributed by atoms with van der Waals surface area (Å²) < 4.78 is 26.4. The lowest BCUT2D eigenvalue weighted by molar-refractivity contribution is 0.0947. The van der Waals surface area contributed by atoms with Crippen molar-refractivity contribution in [2.24, 2.45) is 5.41 Å². The Hall–Kier alpha value is -0.970. The molecule has 5 heteroatoms. The maximum Gasteiger partial charge on any atom is 0.254 e. The van der Waals surface area contributed by atoms with Crippen LogP contribution in [-0.4, -0.2) is 17.3 Å². The van der Waals surface area contributed by atoms with Crippen LogP contribution in [0, 0.1) is 17.0 Å². The minimum atomic E-state index is -1.11. The smallest absolute Gasteiger partial charge is 0.254 e. The standard InChI is InChI=1S/C14H18BrF2NO/c1-14(2,3)7-9(15)8-18-13(19)10-5-4-6-11(16)12(10)17/h4-6,9H,7-8H2,1-3H3,(H,18,19). The topological polar surface area (TPSA) is 29.1 Å². The zero-order valence-corrected chi connectivity index (χ0v) is 12.9. The van der Waals surface area contributed by atoms with Gasteiger partial charge in [0.25, 0.3) is 5.91 Å². The molecule has 0 aliphatic carbocycles. The number of carbonyl (C=O) groups excluding carboxylic acids is 1. The molecule has 0 aliphatic rings. The van der Waals surface area contributed by atoms with E-state index in [-0.39, 0.29) is 15.8 Å². The van der Waals surface area contributed by atoms with Gasteiger partial charge in [-0.2, -0.15) is 0 Å². The monoisotopic (exact) mass is 333 g/mol. The minimum Gasteiger partial charge on any atom is -0.351 e. The van der Waals surface area contributed by atoms with Crippen LogP contribution in [0.2, 0.25) is 0 Å². The Labute approximate surface area is 120 Å². The van der Waals surface area contributed by atoms with E-state index in [1.807, 2.05) is 0 Å².